The molecule has 0 aliphatic carbocycles. The molecule has 1 aromatic carbocycles. The molecule has 1 fully saturated rings. The number of hydrogen-bond acceptors (Lipinski definition) is 4. The second-order valence-electron chi connectivity index (χ2n) is 7.03. The van der Waals surface area contributed by atoms with Gasteiger partial charge in [-0.05, 0) is 50.4 Å². The van der Waals surface area contributed by atoms with Gasteiger partial charge in [0.05, 0.1) is 5.92 Å². The zero-order valence-corrected chi connectivity index (χ0v) is 15.9. The van der Waals surface area contributed by atoms with Crippen molar-refractivity contribution in [3.05, 3.63) is 29.8 Å². The molecule has 26 heavy (non-hydrogen) atoms. The number of anilines is 1. The number of carbonyl (C=O) groups excluding carboxylic acids is 2. The van der Waals surface area contributed by atoms with Crippen LogP contribution in [0.3, 0.4) is 0 Å². The van der Waals surface area contributed by atoms with Crippen molar-refractivity contribution in [1.82, 2.24) is 4.90 Å². The van der Waals surface area contributed by atoms with Gasteiger partial charge in [-0.3, -0.25) is 14.5 Å². The van der Waals surface area contributed by atoms with E-state index in [2.05, 4.69) is 17.1 Å². The van der Waals surface area contributed by atoms with E-state index in [1.807, 2.05) is 24.3 Å². The van der Waals surface area contributed by atoms with E-state index in [0.29, 0.717) is 6.61 Å². The van der Waals surface area contributed by atoms with Crippen molar-refractivity contribution >= 4 is 17.5 Å². The fraction of sp³-hybridized carbons (Fsp3) is 0.600. The molecule has 1 heterocycles. The van der Waals surface area contributed by atoms with E-state index >= 15 is 0 Å². The topological polar surface area (TPSA) is 84.7 Å². The normalized spacial score (nSPS) is 19.1. The van der Waals surface area contributed by atoms with Crippen LogP contribution in [0, 0.1) is 5.92 Å². The molecule has 1 aliphatic heterocycles. The minimum absolute atomic E-state index is 0.0449. The highest BCUT2D eigenvalue weighted by molar-refractivity contribution is 5.93. The van der Waals surface area contributed by atoms with E-state index in [1.165, 1.54) is 0 Å². The lowest BCUT2D eigenvalue weighted by Gasteiger charge is -2.31. The minimum Gasteiger partial charge on any atom is -0.369 e. The Morgan fingerprint density at radius 1 is 1.35 bits per heavy atom. The lowest BCUT2D eigenvalue weighted by Crippen LogP contribution is -2.40. The van der Waals surface area contributed by atoms with Crippen LogP contribution < -0.4 is 11.1 Å². The number of likely N-dealkylation sites (tertiary alicyclic amines) is 1. The van der Waals surface area contributed by atoms with Crippen LogP contribution in [-0.4, -0.2) is 42.5 Å². The number of hydrogen-bond donors (Lipinski definition) is 2. The quantitative estimate of drug-likeness (QED) is 0.662. The molecule has 0 radical (unpaired) electrons. The first-order chi connectivity index (χ1) is 12.5. The number of rotatable bonds is 9. The summed E-state index contributed by atoms with van der Waals surface area (Å²) < 4.78 is 5.51. The highest BCUT2D eigenvalue weighted by Gasteiger charge is 2.23. The van der Waals surface area contributed by atoms with Crippen LogP contribution in [0.1, 0.15) is 45.1 Å². The number of carbonyl (C=O) groups is 2. The number of nitrogens with zero attached hydrogens (tertiary/aromatic N) is 1. The highest BCUT2D eigenvalue weighted by atomic mass is 16.5. The standard InChI is InChI=1S/C20H31N3O3/c1-3-4-12-26-15(2)20(25)22-18-9-7-16(8-10-18)13-23-11-5-6-17(14-23)19(21)24/h7-10,15,17H,3-6,11-14H2,1-2H3,(H2,21,24)(H,22,25). The molecule has 1 aliphatic rings. The number of primary amides is 1. The zero-order valence-electron chi connectivity index (χ0n) is 15.9. The fourth-order valence-electron chi connectivity index (χ4n) is 3.11. The average Bonchev–Trinajstić information content (AvgIpc) is 2.63. The summed E-state index contributed by atoms with van der Waals surface area (Å²) in [5.74, 6) is -0.381. The Labute approximate surface area is 156 Å². The molecule has 0 bridgehead atoms. The van der Waals surface area contributed by atoms with Gasteiger partial charge >= 0.3 is 0 Å². The molecule has 1 saturated heterocycles. The van der Waals surface area contributed by atoms with Crippen molar-refractivity contribution < 1.29 is 14.3 Å². The van der Waals surface area contributed by atoms with Gasteiger partial charge in [0.15, 0.2) is 0 Å². The van der Waals surface area contributed by atoms with Crippen molar-refractivity contribution in [2.24, 2.45) is 11.7 Å². The molecular formula is C20H31N3O3. The third-order valence-electron chi connectivity index (χ3n) is 4.77. The number of benzene rings is 1. The Balaban J connectivity index is 1.82. The Morgan fingerprint density at radius 2 is 2.08 bits per heavy atom. The van der Waals surface area contributed by atoms with Crippen LogP contribution >= 0.6 is 0 Å². The lowest BCUT2D eigenvalue weighted by molar-refractivity contribution is -0.126. The Hall–Kier alpha value is -1.92. The van der Waals surface area contributed by atoms with Crippen LogP contribution in [0.2, 0.25) is 0 Å². The van der Waals surface area contributed by atoms with Gasteiger partial charge in [0.2, 0.25) is 5.91 Å². The van der Waals surface area contributed by atoms with Gasteiger partial charge in [-0.2, -0.15) is 0 Å². The number of nitrogens with two attached hydrogens (primary N) is 1. The summed E-state index contributed by atoms with van der Waals surface area (Å²) in [7, 11) is 0. The number of ether oxygens (including phenoxy) is 1. The second-order valence-corrected chi connectivity index (χ2v) is 7.03. The van der Waals surface area contributed by atoms with E-state index in [0.717, 1.165) is 56.6 Å². The van der Waals surface area contributed by atoms with Crippen LogP contribution in [0.25, 0.3) is 0 Å². The third-order valence-corrected chi connectivity index (χ3v) is 4.77. The van der Waals surface area contributed by atoms with Crippen LogP contribution in [-0.2, 0) is 20.9 Å². The summed E-state index contributed by atoms with van der Waals surface area (Å²) in [5, 5.41) is 2.88. The van der Waals surface area contributed by atoms with Crippen LogP contribution in [0.4, 0.5) is 5.69 Å². The molecule has 6 heteroatoms. The summed E-state index contributed by atoms with van der Waals surface area (Å²) in [6, 6.07) is 7.82. The SMILES string of the molecule is CCCCOC(C)C(=O)Nc1ccc(CN2CCCC(C(N)=O)C2)cc1. The Kier molecular flexibility index (Phi) is 8.06. The van der Waals surface area contributed by atoms with Gasteiger partial charge in [0.1, 0.15) is 6.10 Å². The van der Waals surface area contributed by atoms with E-state index in [9.17, 15) is 9.59 Å². The van der Waals surface area contributed by atoms with Gasteiger partial charge in [-0.25, -0.2) is 0 Å². The van der Waals surface area contributed by atoms with Crippen LogP contribution in [0.5, 0.6) is 0 Å². The molecule has 0 spiro atoms. The second kappa shape index (κ2) is 10.3. The van der Waals surface area contributed by atoms with Crippen molar-refractivity contribution in [1.29, 1.82) is 0 Å². The third kappa shape index (κ3) is 6.42. The first-order valence-electron chi connectivity index (χ1n) is 9.52. The molecule has 0 aromatic heterocycles. The molecule has 144 valence electrons. The molecule has 3 N–H and O–H groups in total. The number of nitrogens with one attached hydrogen (secondary N) is 1. The van der Waals surface area contributed by atoms with Gasteiger partial charge in [0.25, 0.3) is 5.91 Å². The largest absolute Gasteiger partial charge is 0.369 e. The predicted octanol–water partition coefficient (Wildman–Crippen LogP) is 2.53. The highest BCUT2D eigenvalue weighted by Crippen LogP contribution is 2.19. The van der Waals surface area contributed by atoms with Gasteiger partial charge in [-0.1, -0.05) is 25.5 Å². The maximum Gasteiger partial charge on any atom is 0.253 e. The summed E-state index contributed by atoms with van der Waals surface area (Å²) >= 11 is 0. The predicted molar refractivity (Wildman–Crippen MR) is 103 cm³/mol. The number of unbranched alkanes of at least 4 members (excludes halogenated alkanes) is 1. The van der Waals surface area contributed by atoms with Gasteiger partial charge in [-0.15, -0.1) is 0 Å². The maximum atomic E-state index is 12.1. The first-order valence-corrected chi connectivity index (χ1v) is 9.52. The summed E-state index contributed by atoms with van der Waals surface area (Å²) in [6.45, 7) is 6.95. The van der Waals surface area contributed by atoms with Crippen molar-refractivity contribution in [3.8, 4) is 0 Å². The summed E-state index contributed by atoms with van der Waals surface area (Å²) in [5.41, 5.74) is 7.35. The number of amides is 2. The van der Waals surface area contributed by atoms with E-state index < -0.39 is 6.10 Å². The first kappa shape index (κ1) is 20.4. The van der Waals surface area contributed by atoms with Crippen LogP contribution in [0.15, 0.2) is 24.3 Å². The fourth-order valence-corrected chi connectivity index (χ4v) is 3.11. The van der Waals surface area contributed by atoms with E-state index in [-0.39, 0.29) is 17.7 Å². The van der Waals surface area contributed by atoms with Gasteiger partial charge in [0, 0.05) is 25.4 Å². The molecule has 6 nitrogen and oxygen atoms in total. The van der Waals surface area contributed by atoms with Crippen molar-refractivity contribution in [2.75, 3.05) is 25.0 Å². The summed E-state index contributed by atoms with van der Waals surface area (Å²) in [4.78, 5) is 25.8. The summed E-state index contributed by atoms with van der Waals surface area (Å²) in [6.07, 6.45) is 3.43. The Morgan fingerprint density at radius 3 is 2.73 bits per heavy atom. The average molecular weight is 361 g/mol. The van der Waals surface area contributed by atoms with E-state index in [4.69, 9.17) is 10.5 Å². The zero-order chi connectivity index (χ0) is 18.9. The van der Waals surface area contributed by atoms with Crippen molar-refractivity contribution in [2.45, 2.75) is 52.2 Å². The number of piperidine rings is 1. The molecular weight excluding hydrogens is 330 g/mol. The molecule has 2 unspecified atom stereocenters. The molecule has 0 saturated carbocycles. The lowest BCUT2D eigenvalue weighted by atomic mass is 9.97. The Bertz CT molecular complexity index is 588. The minimum atomic E-state index is -0.458. The van der Waals surface area contributed by atoms with Gasteiger partial charge < -0.3 is 15.8 Å². The molecule has 1 aromatic rings. The molecule has 2 amide bonds. The molecule has 2 rings (SSSR count). The molecule has 2 atom stereocenters. The van der Waals surface area contributed by atoms with E-state index in [1.54, 1.807) is 6.92 Å². The monoisotopic (exact) mass is 361 g/mol. The maximum absolute atomic E-state index is 12.1. The smallest absolute Gasteiger partial charge is 0.253 e. The van der Waals surface area contributed by atoms with Crippen molar-refractivity contribution in [3.63, 3.8) is 0 Å².